The average Bonchev–Trinajstić information content (AvgIpc) is 3.10. The summed E-state index contributed by atoms with van der Waals surface area (Å²) in [6, 6.07) is 23.9. The van der Waals surface area contributed by atoms with Crippen molar-refractivity contribution in [2.24, 2.45) is 0 Å². The molecule has 1 aliphatic rings. The molecule has 3 aromatic rings. The molecule has 0 heterocycles. The molecule has 0 aromatic heterocycles. The number of halogens is 4. The second-order valence-corrected chi connectivity index (χ2v) is 6.48. The van der Waals surface area contributed by atoms with Crippen molar-refractivity contribution in [3.05, 3.63) is 86.8 Å². The number of benzene rings is 2. The molecule has 0 bridgehead atoms. The predicted molar refractivity (Wildman–Crippen MR) is 91.0 cm³/mol. The quantitative estimate of drug-likeness (QED) is 0.271. The molecule has 0 N–H and O–H groups in total. The Kier molecular flexibility index (Phi) is 11.1. The Morgan fingerprint density at radius 3 is 2.17 bits per heavy atom. The molecule has 0 saturated heterocycles. The van der Waals surface area contributed by atoms with E-state index in [0.29, 0.717) is 0 Å². The normalized spacial score (nSPS) is 9.83. The molecule has 0 atom stereocenters. The molecule has 1 aliphatic carbocycles. The second kappa shape index (κ2) is 11.0. The molecule has 3 aromatic carbocycles. The van der Waals surface area contributed by atoms with Gasteiger partial charge in [0.1, 0.15) is 0 Å². The molecule has 0 radical (unpaired) electrons. The summed E-state index contributed by atoms with van der Waals surface area (Å²) < 4.78 is 2.23. The first-order valence-corrected chi connectivity index (χ1v) is 7.98. The summed E-state index contributed by atoms with van der Waals surface area (Å²) >= 11 is 7.01. The van der Waals surface area contributed by atoms with E-state index in [2.05, 4.69) is 62.2 Å². The minimum Gasteiger partial charge on any atom is -1.00 e. The molecule has 23 heavy (non-hydrogen) atoms. The maximum atomic E-state index is 3.51. The smallest absolute Gasteiger partial charge is 1.00 e. The van der Waals surface area contributed by atoms with E-state index in [0.717, 1.165) is 15.4 Å². The number of rotatable bonds is 0. The third-order valence-electron chi connectivity index (χ3n) is 3.28. The van der Waals surface area contributed by atoms with E-state index in [-0.39, 0.29) is 51.0 Å². The van der Waals surface area contributed by atoms with Crippen molar-refractivity contribution >= 4 is 31.9 Å². The van der Waals surface area contributed by atoms with Crippen LogP contribution in [0.2, 0.25) is 0 Å². The van der Waals surface area contributed by atoms with Crippen molar-refractivity contribution < 1.29 is 51.0 Å². The molecular formula is C18H12Br2Cl2Zr. The van der Waals surface area contributed by atoms with Gasteiger partial charge in [0.2, 0.25) is 0 Å². The first-order valence-electron chi connectivity index (χ1n) is 6.39. The first-order chi connectivity index (χ1) is 9.74. The molecular weight excluding hydrogens is 538 g/mol. The van der Waals surface area contributed by atoms with Gasteiger partial charge in [-0.3, -0.25) is 0 Å². The van der Waals surface area contributed by atoms with Crippen LogP contribution in [0, 0.1) is 6.07 Å². The third-order valence-corrected chi connectivity index (χ3v) is 4.23. The topological polar surface area (TPSA) is 0 Å². The van der Waals surface area contributed by atoms with Crippen molar-refractivity contribution in [1.29, 1.82) is 0 Å². The van der Waals surface area contributed by atoms with Crippen LogP contribution in [0.25, 0.3) is 11.1 Å². The van der Waals surface area contributed by atoms with Crippen LogP contribution in [-0.2, 0) is 32.6 Å². The second-order valence-electron chi connectivity index (χ2n) is 4.65. The Bertz CT molecular complexity index is 661. The molecule has 0 amide bonds. The van der Waals surface area contributed by atoms with Crippen LogP contribution >= 0.6 is 31.9 Å². The zero-order valence-corrected chi connectivity index (χ0v) is 19.1. The van der Waals surface area contributed by atoms with Gasteiger partial charge in [-0.05, 0) is 18.1 Å². The number of hydrogen-bond donors (Lipinski definition) is 0. The van der Waals surface area contributed by atoms with E-state index in [1.54, 1.807) is 0 Å². The summed E-state index contributed by atoms with van der Waals surface area (Å²) in [5, 5.41) is 0. The molecule has 0 aliphatic heterocycles. The largest absolute Gasteiger partial charge is 4.00 e. The molecule has 116 valence electrons. The summed E-state index contributed by atoms with van der Waals surface area (Å²) in [5.74, 6) is 0. The van der Waals surface area contributed by atoms with Gasteiger partial charge in [0.15, 0.2) is 0 Å². The summed E-state index contributed by atoms with van der Waals surface area (Å²) in [6.07, 6.45) is 1.01. The van der Waals surface area contributed by atoms with Crippen LogP contribution in [0.5, 0.6) is 0 Å². The first kappa shape index (κ1) is 23.2. The van der Waals surface area contributed by atoms with Crippen LogP contribution in [0.4, 0.5) is 0 Å². The zero-order valence-electron chi connectivity index (χ0n) is 12.0. The fraction of sp³-hybridized carbons (Fsp3) is 0.0556. The molecule has 0 spiro atoms. The Morgan fingerprint density at radius 1 is 0.913 bits per heavy atom. The minimum absolute atomic E-state index is 0. The average molecular weight is 550 g/mol. The maximum Gasteiger partial charge on any atom is 4.00 e. The van der Waals surface area contributed by atoms with E-state index in [1.807, 2.05) is 36.4 Å². The molecule has 0 nitrogen and oxygen atoms in total. The maximum absolute atomic E-state index is 3.51. The SMILES string of the molecule is Brc1c[c-]c2c(c1)-c1cc(Br)ccc1C2.[Cl-].[Cl-].[Zr+4].c1cc[cH-]c1. The van der Waals surface area contributed by atoms with Gasteiger partial charge in [-0.25, -0.2) is 12.1 Å². The fourth-order valence-electron chi connectivity index (χ4n) is 2.35. The monoisotopic (exact) mass is 546 g/mol. The fourth-order valence-corrected chi connectivity index (χ4v) is 3.06. The van der Waals surface area contributed by atoms with Gasteiger partial charge in [0.05, 0.1) is 0 Å². The Morgan fingerprint density at radius 2 is 1.57 bits per heavy atom. The Balaban J connectivity index is 0.000000529. The van der Waals surface area contributed by atoms with Crippen molar-refractivity contribution in [3.8, 4) is 11.1 Å². The van der Waals surface area contributed by atoms with Crippen LogP contribution in [0.15, 0.2) is 69.6 Å². The standard InChI is InChI=1S/C13H7Br2.C5H5.2ClH.Zr/c14-10-3-1-8-5-9-2-4-11(15)7-13(9)12(8)6-10;1-2-4-5-3-1;;;/h1,3-4,6-7H,5H2;1-5H;2*1H;/q2*-1;;;+4/p-2. The summed E-state index contributed by atoms with van der Waals surface area (Å²) in [4.78, 5) is 0. The zero-order chi connectivity index (χ0) is 13.9. The van der Waals surface area contributed by atoms with E-state index < -0.39 is 0 Å². The van der Waals surface area contributed by atoms with E-state index in [4.69, 9.17) is 0 Å². The van der Waals surface area contributed by atoms with Gasteiger partial charge in [0, 0.05) is 4.47 Å². The predicted octanol–water partition coefficient (Wildman–Crippen LogP) is -0.00601. The summed E-state index contributed by atoms with van der Waals surface area (Å²) in [7, 11) is 0. The van der Waals surface area contributed by atoms with E-state index in [9.17, 15) is 0 Å². The number of fused-ring (bicyclic) bond motifs is 3. The van der Waals surface area contributed by atoms with Gasteiger partial charge in [0.25, 0.3) is 0 Å². The molecule has 0 fully saturated rings. The summed E-state index contributed by atoms with van der Waals surface area (Å²) in [5.41, 5.74) is 5.33. The van der Waals surface area contributed by atoms with Crippen LogP contribution in [-0.4, -0.2) is 0 Å². The van der Waals surface area contributed by atoms with Gasteiger partial charge >= 0.3 is 26.2 Å². The van der Waals surface area contributed by atoms with Crippen molar-refractivity contribution in [1.82, 2.24) is 0 Å². The Labute approximate surface area is 185 Å². The van der Waals surface area contributed by atoms with Gasteiger partial charge in [-0.2, -0.15) is 42.0 Å². The molecule has 5 heteroatoms. The van der Waals surface area contributed by atoms with E-state index in [1.165, 1.54) is 22.3 Å². The van der Waals surface area contributed by atoms with Crippen molar-refractivity contribution in [3.63, 3.8) is 0 Å². The molecule has 0 unspecified atom stereocenters. The van der Waals surface area contributed by atoms with Crippen LogP contribution in [0.1, 0.15) is 11.1 Å². The van der Waals surface area contributed by atoms with Crippen molar-refractivity contribution in [2.45, 2.75) is 6.42 Å². The van der Waals surface area contributed by atoms with Gasteiger partial charge in [-0.15, -0.1) is 21.5 Å². The molecule has 0 saturated carbocycles. The van der Waals surface area contributed by atoms with E-state index >= 15 is 0 Å². The molecule has 4 rings (SSSR count). The van der Waals surface area contributed by atoms with Gasteiger partial charge < -0.3 is 24.8 Å². The van der Waals surface area contributed by atoms with Gasteiger partial charge in [-0.1, -0.05) is 38.1 Å². The third kappa shape index (κ3) is 5.90. The Hall–Kier alpha value is 0.213. The van der Waals surface area contributed by atoms with Crippen LogP contribution < -0.4 is 24.8 Å². The van der Waals surface area contributed by atoms with Crippen molar-refractivity contribution in [2.75, 3.05) is 0 Å². The minimum atomic E-state index is 0. The number of hydrogen-bond acceptors (Lipinski definition) is 0. The summed E-state index contributed by atoms with van der Waals surface area (Å²) in [6.45, 7) is 0. The van der Waals surface area contributed by atoms with Crippen LogP contribution in [0.3, 0.4) is 0 Å².